The summed E-state index contributed by atoms with van der Waals surface area (Å²) in [5.74, 6) is 0.110. The molecule has 2 aromatic rings. The minimum absolute atomic E-state index is 0.110. The van der Waals surface area contributed by atoms with Crippen LogP contribution in [0.4, 0.5) is 0 Å². The van der Waals surface area contributed by atoms with Gasteiger partial charge in [0.15, 0.2) is 0 Å². The second-order valence-electron chi connectivity index (χ2n) is 5.61. The predicted molar refractivity (Wildman–Crippen MR) is 107 cm³/mol. The normalized spacial score (nSPS) is 10.6. The fraction of sp³-hybridized carbons (Fsp3) is 0.435. The Morgan fingerprint density at radius 1 is 0.750 bits per heavy atom. The van der Waals surface area contributed by atoms with E-state index >= 15 is 0 Å². The first-order chi connectivity index (χ1) is 11.7. The summed E-state index contributed by atoms with van der Waals surface area (Å²) in [5, 5.41) is 0. The quantitative estimate of drug-likeness (QED) is 0.565. The first-order valence-corrected chi connectivity index (χ1v) is 9.24. The van der Waals surface area contributed by atoms with Gasteiger partial charge in [0.25, 0.3) is 0 Å². The van der Waals surface area contributed by atoms with E-state index in [1.54, 1.807) is 0 Å². The lowest BCUT2D eigenvalue weighted by atomic mass is 9.93. The second kappa shape index (κ2) is 13.5. The van der Waals surface area contributed by atoms with Crippen LogP contribution in [-0.4, -0.2) is 6.29 Å². The van der Waals surface area contributed by atoms with Crippen LogP contribution in [0.25, 0.3) is 0 Å². The van der Waals surface area contributed by atoms with Crippen LogP contribution in [0.1, 0.15) is 56.4 Å². The number of aryl methyl sites for hydroxylation is 3. The highest BCUT2D eigenvalue weighted by Gasteiger charge is 2.09. The molecule has 0 N–H and O–H groups in total. The average Bonchev–Trinajstić information content (AvgIpc) is 2.65. The lowest BCUT2D eigenvalue weighted by molar-refractivity contribution is -0.111. The molecule has 24 heavy (non-hydrogen) atoms. The molecule has 132 valence electrons. The molecule has 0 aliphatic carbocycles. The highest BCUT2D eigenvalue weighted by Crippen LogP contribution is 2.15. The number of aldehydes is 1. The summed E-state index contributed by atoms with van der Waals surface area (Å²) in [5.41, 5.74) is 5.10. The van der Waals surface area contributed by atoms with Gasteiger partial charge in [0.1, 0.15) is 6.29 Å². The molecule has 0 aliphatic rings. The van der Waals surface area contributed by atoms with Crippen molar-refractivity contribution in [2.45, 2.75) is 60.8 Å². The van der Waals surface area contributed by atoms with Crippen molar-refractivity contribution in [3.05, 3.63) is 70.8 Å². The molecule has 0 aliphatic heterocycles. The number of carbonyl (C=O) groups is 1. The van der Waals surface area contributed by atoms with Gasteiger partial charge in [-0.3, -0.25) is 0 Å². The standard InChI is InChI=1S/C19H22O.2C2H6/c1-15-3-7-17(8-4-15)11-12-19(14-20)13-18-9-5-16(2)6-10-18;2*1-2/h3-10,14,19H,11-13H2,1-2H3;2*1-2H3. The second-order valence-corrected chi connectivity index (χ2v) is 5.61. The van der Waals surface area contributed by atoms with E-state index in [1.807, 2.05) is 27.7 Å². The maximum atomic E-state index is 11.3. The average molecular weight is 327 g/mol. The summed E-state index contributed by atoms with van der Waals surface area (Å²) in [6, 6.07) is 17.0. The molecule has 0 spiro atoms. The number of benzene rings is 2. The van der Waals surface area contributed by atoms with Crippen molar-refractivity contribution in [2.75, 3.05) is 0 Å². The van der Waals surface area contributed by atoms with Crippen LogP contribution in [0.2, 0.25) is 0 Å². The largest absolute Gasteiger partial charge is 0.303 e. The molecule has 2 aromatic carbocycles. The van der Waals surface area contributed by atoms with E-state index in [-0.39, 0.29) is 5.92 Å². The zero-order valence-electron chi connectivity index (χ0n) is 16.3. The Kier molecular flexibility index (Phi) is 12.5. The van der Waals surface area contributed by atoms with Gasteiger partial charge in [-0.05, 0) is 44.2 Å². The molecule has 0 heterocycles. The van der Waals surface area contributed by atoms with Gasteiger partial charge in [-0.15, -0.1) is 0 Å². The van der Waals surface area contributed by atoms with Gasteiger partial charge in [-0.2, -0.15) is 0 Å². The van der Waals surface area contributed by atoms with Crippen LogP contribution in [0.3, 0.4) is 0 Å². The van der Waals surface area contributed by atoms with E-state index in [2.05, 4.69) is 62.4 Å². The number of rotatable bonds is 6. The van der Waals surface area contributed by atoms with Gasteiger partial charge >= 0.3 is 0 Å². The van der Waals surface area contributed by atoms with Crippen molar-refractivity contribution in [1.29, 1.82) is 0 Å². The molecule has 1 unspecified atom stereocenters. The number of hydrogen-bond donors (Lipinski definition) is 0. The van der Waals surface area contributed by atoms with Crippen molar-refractivity contribution in [3.8, 4) is 0 Å². The van der Waals surface area contributed by atoms with E-state index in [0.717, 1.165) is 25.5 Å². The van der Waals surface area contributed by atoms with Crippen molar-refractivity contribution in [1.82, 2.24) is 0 Å². The molecule has 0 fully saturated rings. The van der Waals surface area contributed by atoms with Gasteiger partial charge in [0.05, 0.1) is 0 Å². The van der Waals surface area contributed by atoms with Gasteiger partial charge in [0, 0.05) is 5.92 Å². The van der Waals surface area contributed by atoms with E-state index in [9.17, 15) is 4.79 Å². The summed E-state index contributed by atoms with van der Waals surface area (Å²) in [4.78, 5) is 11.3. The van der Waals surface area contributed by atoms with E-state index in [0.29, 0.717) is 0 Å². The molecule has 0 amide bonds. The van der Waals surface area contributed by atoms with E-state index in [4.69, 9.17) is 0 Å². The Bertz CT molecular complexity index is 537. The summed E-state index contributed by atoms with van der Waals surface area (Å²) >= 11 is 0. The van der Waals surface area contributed by atoms with E-state index < -0.39 is 0 Å². The van der Waals surface area contributed by atoms with Crippen LogP contribution in [0.15, 0.2) is 48.5 Å². The van der Waals surface area contributed by atoms with Crippen molar-refractivity contribution in [2.24, 2.45) is 5.92 Å². The molecule has 1 atom stereocenters. The fourth-order valence-electron chi connectivity index (χ4n) is 2.35. The van der Waals surface area contributed by atoms with Crippen LogP contribution in [0.5, 0.6) is 0 Å². The zero-order chi connectivity index (χ0) is 18.4. The Morgan fingerprint density at radius 2 is 1.17 bits per heavy atom. The van der Waals surface area contributed by atoms with Crippen molar-refractivity contribution >= 4 is 6.29 Å². The van der Waals surface area contributed by atoms with E-state index in [1.165, 1.54) is 22.3 Å². The molecule has 0 aromatic heterocycles. The minimum Gasteiger partial charge on any atom is -0.303 e. The Labute approximate surface area is 149 Å². The third-order valence-electron chi connectivity index (χ3n) is 3.74. The molecule has 0 bridgehead atoms. The number of carbonyl (C=O) groups excluding carboxylic acids is 1. The molecular weight excluding hydrogens is 292 g/mol. The highest BCUT2D eigenvalue weighted by molar-refractivity contribution is 5.54. The SMILES string of the molecule is CC.CC.Cc1ccc(CCC(C=O)Cc2ccc(C)cc2)cc1. The third kappa shape index (κ3) is 8.67. The maximum absolute atomic E-state index is 11.3. The fourth-order valence-corrected chi connectivity index (χ4v) is 2.35. The highest BCUT2D eigenvalue weighted by atomic mass is 16.1. The molecule has 2 rings (SSSR count). The topological polar surface area (TPSA) is 17.1 Å². The van der Waals surface area contributed by atoms with Crippen molar-refractivity contribution < 1.29 is 4.79 Å². The smallest absolute Gasteiger partial charge is 0.123 e. The van der Waals surface area contributed by atoms with Crippen LogP contribution in [0, 0.1) is 19.8 Å². The van der Waals surface area contributed by atoms with Gasteiger partial charge in [-0.1, -0.05) is 87.4 Å². The first kappa shape index (κ1) is 22.1. The maximum Gasteiger partial charge on any atom is 0.123 e. The molecule has 1 heteroatoms. The Hall–Kier alpha value is -1.89. The molecule has 0 saturated carbocycles. The summed E-state index contributed by atoms with van der Waals surface area (Å²) < 4.78 is 0. The monoisotopic (exact) mass is 326 g/mol. The first-order valence-electron chi connectivity index (χ1n) is 9.24. The lowest BCUT2D eigenvalue weighted by Gasteiger charge is -2.11. The predicted octanol–water partition coefficient (Wildman–Crippen LogP) is 6.35. The minimum atomic E-state index is 0.110. The molecular formula is C23H34O. The van der Waals surface area contributed by atoms with Crippen LogP contribution >= 0.6 is 0 Å². The van der Waals surface area contributed by atoms with Crippen LogP contribution < -0.4 is 0 Å². The van der Waals surface area contributed by atoms with Crippen molar-refractivity contribution in [3.63, 3.8) is 0 Å². The summed E-state index contributed by atoms with van der Waals surface area (Å²) in [7, 11) is 0. The van der Waals surface area contributed by atoms with Gasteiger partial charge in [0.2, 0.25) is 0 Å². The van der Waals surface area contributed by atoms with Gasteiger partial charge < -0.3 is 4.79 Å². The zero-order valence-corrected chi connectivity index (χ0v) is 16.3. The van der Waals surface area contributed by atoms with Gasteiger partial charge in [-0.25, -0.2) is 0 Å². The Balaban J connectivity index is 0.00000123. The molecule has 0 saturated heterocycles. The lowest BCUT2D eigenvalue weighted by Crippen LogP contribution is -2.07. The Morgan fingerprint density at radius 3 is 1.58 bits per heavy atom. The summed E-state index contributed by atoms with van der Waals surface area (Å²) in [6.07, 6.45) is 3.83. The molecule has 1 nitrogen and oxygen atoms in total. The summed E-state index contributed by atoms with van der Waals surface area (Å²) in [6.45, 7) is 12.2. The van der Waals surface area contributed by atoms with Crippen LogP contribution in [-0.2, 0) is 17.6 Å². The molecule has 0 radical (unpaired) electrons. The number of hydrogen-bond acceptors (Lipinski definition) is 1. The third-order valence-corrected chi connectivity index (χ3v) is 3.74.